The molecule has 0 radical (unpaired) electrons. The molecule has 21 heavy (non-hydrogen) atoms. The van der Waals surface area contributed by atoms with Crippen LogP contribution in [-0.2, 0) is 0 Å². The SMILES string of the molecule is Cc1ccc(NC(=O)c2ccc(N)cc2F)c(C(=O)O)c1. The predicted molar refractivity (Wildman–Crippen MR) is 76.9 cm³/mol. The molecule has 0 atom stereocenters. The maximum absolute atomic E-state index is 13.7. The summed E-state index contributed by atoms with van der Waals surface area (Å²) in [5.41, 5.74) is 6.19. The van der Waals surface area contributed by atoms with E-state index in [4.69, 9.17) is 10.8 Å². The van der Waals surface area contributed by atoms with Gasteiger partial charge in [-0.05, 0) is 37.3 Å². The van der Waals surface area contributed by atoms with E-state index in [1.165, 1.54) is 24.3 Å². The van der Waals surface area contributed by atoms with Gasteiger partial charge in [-0.15, -0.1) is 0 Å². The molecule has 0 heterocycles. The third-order valence-electron chi connectivity index (χ3n) is 2.89. The molecule has 0 aliphatic rings. The average molecular weight is 288 g/mol. The number of hydrogen-bond acceptors (Lipinski definition) is 3. The standard InChI is InChI=1S/C15H13FN2O3/c1-8-2-5-13(11(6-8)15(20)21)18-14(19)10-4-3-9(17)7-12(10)16/h2-7H,17H2,1H3,(H,18,19)(H,20,21). The topological polar surface area (TPSA) is 92.4 Å². The molecule has 0 aliphatic heterocycles. The number of hydrogen-bond donors (Lipinski definition) is 3. The fourth-order valence-corrected chi connectivity index (χ4v) is 1.85. The summed E-state index contributed by atoms with van der Waals surface area (Å²) >= 11 is 0. The molecule has 2 rings (SSSR count). The molecule has 0 aromatic heterocycles. The number of anilines is 2. The normalized spacial score (nSPS) is 10.2. The highest BCUT2D eigenvalue weighted by Gasteiger charge is 2.16. The van der Waals surface area contributed by atoms with Crippen molar-refractivity contribution < 1.29 is 19.1 Å². The maximum Gasteiger partial charge on any atom is 0.337 e. The summed E-state index contributed by atoms with van der Waals surface area (Å²) in [4.78, 5) is 23.2. The lowest BCUT2D eigenvalue weighted by Gasteiger charge is -2.10. The Balaban J connectivity index is 2.34. The summed E-state index contributed by atoms with van der Waals surface area (Å²) in [5, 5.41) is 11.5. The van der Waals surface area contributed by atoms with Crippen molar-refractivity contribution in [2.45, 2.75) is 6.92 Å². The van der Waals surface area contributed by atoms with E-state index in [2.05, 4.69) is 5.32 Å². The highest BCUT2D eigenvalue weighted by molar-refractivity contribution is 6.08. The van der Waals surface area contributed by atoms with Crippen molar-refractivity contribution in [3.8, 4) is 0 Å². The van der Waals surface area contributed by atoms with E-state index >= 15 is 0 Å². The van der Waals surface area contributed by atoms with Crippen molar-refractivity contribution in [1.82, 2.24) is 0 Å². The monoisotopic (exact) mass is 288 g/mol. The molecule has 0 aliphatic carbocycles. The number of aromatic carboxylic acids is 1. The largest absolute Gasteiger partial charge is 0.478 e. The number of nitrogens with two attached hydrogens (primary N) is 1. The van der Waals surface area contributed by atoms with Crippen LogP contribution in [0.4, 0.5) is 15.8 Å². The zero-order valence-corrected chi connectivity index (χ0v) is 11.2. The van der Waals surface area contributed by atoms with Gasteiger partial charge in [0.1, 0.15) is 5.82 Å². The van der Waals surface area contributed by atoms with Gasteiger partial charge in [0, 0.05) is 5.69 Å². The highest BCUT2D eigenvalue weighted by atomic mass is 19.1. The van der Waals surface area contributed by atoms with Crippen LogP contribution in [0.25, 0.3) is 0 Å². The Morgan fingerprint density at radius 2 is 1.86 bits per heavy atom. The maximum atomic E-state index is 13.7. The zero-order valence-electron chi connectivity index (χ0n) is 11.2. The van der Waals surface area contributed by atoms with Crippen molar-refractivity contribution in [3.05, 3.63) is 58.9 Å². The van der Waals surface area contributed by atoms with Crippen LogP contribution < -0.4 is 11.1 Å². The van der Waals surface area contributed by atoms with E-state index in [1.54, 1.807) is 13.0 Å². The number of benzene rings is 2. The number of carbonyl (C=O) groups excluding carboxylic acids is 1. The Morgan fingerprint density at radius 1 is 1.14 bits per heavy atom. The van der Waals surface area contributed by atoms with Crippen LogP contribution in [0.3, 0.4) is 0 Å². The third kappa shape index (κ3) is 3.17. The van der Waals surface area contributed by atoms with Gasteiger partial charge in [-0.25, -0.2) is 9.18 Å². The van der Waals surface area contributed by atoms with Gasteiger partial charge in [-0.2, -0.15) is 0 Å². The summed E-state index contributed by atoms with van der Waals surface area (Å²) in [6.07, 6.45) is 0. The third-order valence-corrected chi connectivity index (χ3v) is 2.89. The Bertz CT molecular complexity index is 729. The van der Waals surface area contributed by atoms with E-state index < -0.39 is 17.7 Å². The minimum Gasteiger partial charge on any atom is -0.478 e. The van der Waals surface area contributed by atoms with Gasteiger partial charge >= 0.3 is 5.97 Å². The average Bonchev–Trinajstić information content (AvgIpc) is 2.40. The molecule has 2 aromatic carbocycles. The van der Waals surface area contributed by atoms with E-state index in [-0.39, 0.29) is 22.5 Å². The van der Waals surface area contributed by atoms with E-state index in [0.29, 0.717) is 0 Å². The van der Waals surface area contributed by atoms with Crippen molar-refractivity contribution in [2.75, 3.05) is 11.1 Å². The number of carboxylic acids is 1. The Morgan fingerprint density at radius 3 is 2.48 bits per heavy atom. The van der Waals surface area contributed by atoms with Crippen molar-refractivity contribution in [3.63, 3.8) is 0 Å². The van der Waals surface area contributed by atoms with Crippen molar-refractivity contribution >= 4 is 23.3 Å². The predicted octanol–water partition coefficient (Wildman–Crippen LogP) is 2.67. The van der Waals surface area contributed by atoms with Gasteiger partial charge in [-0.1, -0.05) is 11.6 Å². The first kappa shape index (κ1) is 14.5. The Hall–Kier alpha value is -2.89. The van der Waals surface area contributed by atoms with Crippen LogP contribution in [0.5, 0.6) is 0 Å². The minimum absolute atomic E-state index is 0.0563. The molecular formula is C15H13FN2O3. The molecule has 0 fully saturated rings. The van der Waals surface area contributed by atoms with Crippen LogP contribution in [0.1, 0.15) is 26.3 Å². The molecule has 6 heteroatoms. The summed E-state index contributed by atoms with van der Waals surface area (Å²) < 4.78 is 13.7. The molecule has 0 saturated heterocycles. The quantitative estimate of drug-likeness (QED) is 0.757. The van der Waals surface area contributed by atoms with E-state index in [9.17, 15) is 14.0 Å². The van der Waals surface area contributed by atoms with Crippen LogP contribution in [-0.4, -0.2) is 17.0 Å². The number of aryl methyl sites for hydroxylation is 1. The van der Waals surface area contributed by atoms with Crippen molar-refractivity contribution in [1.29, 1.82) is 0 Å². The summed E-state index contributed by atoms with van der Waals surface area (Å²) in [7, 11) is 0. The number of rotatable bonds is 3. The number of carbonyl (C=O) groups is 2. The fourth-order valence-electron chi connectivity index (χ4n) is 1.85. The minimum atomic E-state index is -1.17. The first-order chi connectivity index (χ1) is 9.88. The van der Waals surface area contributed by atoms with Gasteiger partial charge in [0.25, 0.3) is 5.91 Å². The Kier molecular flexibility index (Phi) is 3.89. The van der Waals surface area contributed by atoms with Gasteiger partial charge in [-0.3, -0.25) is 4.79 Å². The van der Waals surface area contributed by atoms with Crippen LogP contribution in [0, 0.1) is 12.7 Å². The smallest absolute Gasteiger partial charge is 0.337 e. The molecule has 5 nitrogen and oxygen atoms in total. The second-order valence-corrected chi connectivity index (χ2v) is 4.55. The Labute approximate surface area is 120 Å². The lowest BCUT2D eigenvalue weighted by atomic mass is 10.1. The summed E-state index contributed by atoms with van der Waals surface area (Å²) in [6, 6.07) is 8.21. The molecule has 0 bridgehead atoms. The molecule has 1 amide bonds. The summed E-state index contributed by atoms with van der Waals surface area (Å²) in [6.45, 7) is 1.73. The molecule has 4 N–H and O–H groups in total. The molecular weight excluding hydrogens is 275 g/mol. The lowest BCUT2D eigenvalue weighted by molar-refractivity contribution is 0.0698. The lowest BCUT2D eigenvalue weighted by Crippen LogP contribution is -2.16. The van der Waals surface area contributed by atoms with Gasteiger partial charge in [0.15, 0.2) is 0 Å². The van der Waals surface area contributed by atoms with Gasteiger partial charge in [0.05, 0.1) is 16.8 Å². The number of halogens is 1. The number of carboxylic acid groups (broad SMARTS) is 1. The van der Waals surface area contributed by atoms with E-state index in [1.807, 2.05) is 0 Å². The number of nitrogen functional groups attached to an aromatic ring is 1. The van der Waals surface area contributed by atoms with Gasteiger partial charge in [0.2, 0.25) is 0 Å². The number of nitrogens with one attached hydrogen (secondary N) is 1. The van der Waals surface area contributed by atoms with E-state index in [0.717, 1.165) is 11.6 Å². The molecule has 0 unspecified atom stereocenters. The molecule has 0 saturated carbocycles. The van der Waals surface area contributed by atoms with Gasteiger partial charge < -0.3 is 16.2 Å². The first-order valence-corrected chi connectivity index (χ1v) is 6.09. The van der Waals surface area contributed by atoms with Crippen molar-refractivity contribution in [2.24, 2.45) is 0 Å². The van der Waals surface area contributed by atoms with Crippen LogP contribution in [0.15, 0.2) is 36.4 Å². The van der Waals surface area contributed by atoms with Crippen LogP contribution in [0.2, 0.25) is 0 Å². The highest BCUT2D eigenvalue weighted by Crippen LogP contribution is 2.20. The fraction of sp³-hybridized carbons (Fsp3) is 0.0667. The summed E-state index contributed by atoms with van der Waals surface area (Å²) in [5.74, 6) is -2.68. The number of amides is 1. The molecule has 108 valence electrons. The zero-order chi connectivity index (χ0) is 15.6. The van der Waals surface area contributed by atoms with Crippen LogP contribution >= 0.6 is 0 Å². The second-order valence-electron chi connectivity index (χ2n) is 4.55. The molecule has 2 aromatic rings. The first-order valence-electron chi connectivity index (χ1n) is 6.09. The second kappa shape index (κ2) is 5.62. The molecule has 0 spiro atoms.